The minimum absolute atomic E-state index is 0.192. The third-order valence-corrected chi connectivity index (χ3v) is 4.89. The van der Waals surface area contributed by atoms with Crippen molar-refractivity contribution in [1.82, 2.24) is 15.6 Å². The quantitative estimate of drug-likeness (QED) is 0.889. The fourth-order valence-corrected chi connectivity index (χ4v) is 3.28. The van der Waals surface area contributed by atoms with E-state index in [0.717, 1.165) is 22.7 Å². The summed E-state index contributed by atoms with van der Waals surface area (Å²) in [6, 6.07) is 6.58. The highest BCUT2D eigenvalue weighted by Crippen LogP contribution is 2.48. The van der Waals surface area contributed by atoms with E-state index in [2.05, 4.69) is 15.6 Å². The molecule has 0 spiro atoms. The van der Waals surface area contributed by atoms with Crippen LogP contribution in [0.4, 0.5) is 9.18 Å². The van der Waals surface area contributed by atoms with Gasteiger partial charge in [0, 0.05) is 23.0 Å². The summed E-state index contributed by atoms with van der Waals surface area (Å²) in [6.45, 7) is 2.85. The highest BCUT2D eigenvalue weighted by molar-refractivity contribution is 7.11. The summed E-state index contributed by atoms with van der Waals surface area (Å²) >= 11 is 1.56. The van der Waals surface area contributed by atoms with Crippen molar-refractivity contribution in [3.8, 4) is 0 Å². The van der Waals surface area contributed by atoms with Gasteiger partial charge in [-0.25, -0.2) is 14.2 Å². The van der Waals surface area contributed by atoms with Crippen molar-refractivity contribution in [1.29, 1.82) is 0 Å². The van der Waals surface area contributed by atoms with Gasteiger partial charge in [0.25, 0.3) is 0 Å². The number of carbonyl (C=O) groups is 1. The maximum absolute atomic E-state index is 13.9. The Hall–Kier alpha value is -1.95. The number of nitrogens with zero attached hydrogens (tertiary/aromatic N) is 1. The van der Waals surface area contributed by atoms with Crippen molar-refractivity contribution in [2.75, 3.05) is 6.54 Å². The molecular weight excluding hydrogens is 301 g/mol. The molecular formula is C16H18FN3OS. The van der Waals surface area contributed by atoms with E-state index >= 15 is 0 Å². The van der Waals surface area contributed by atoms with Crippen LogP contribution in [0.25, 0.3) is 0 Å². The molecule has 6 heteroatoms. The van der Waals surface area contributed by atoms with Crippen molar-refractivity contribution in [3.05, 3.63) is 51.7 Å². The first-order chi connectivity index (χ1) is 10.6. The molecule has 0 aliphatic heterocycles. The lowest BCUT2D eigenvalue weighted by atomic mass is 9.95. The highest BCUT2D eigenvalue weighted by Gasteiger charge is 2.45. The normalized spacial score (nSPS) is 15.4. The van der Waals surface area contributed by atoms with Crippen LogP contribution >= 0.6 is 11.3 Å². The number of aromatic nitrogens is 1. The number of hydrogen-bond donors (Lipinski definition) is 2. The largest absolute Gasteiger partial charge is 0.337 e. The number of amides is 2. The van der Waals surface area contributed by atoms with E-state index in [-0.39, 0.29) is 17.3 Å². The van der Waals surface area contributed by atoms with E-state index < -0.39 is 0 Å². The van der Waals surface area contributed by atoms with E-state index in [1.807, 2.05) is 19.1 Å². The predicted octanol–water partition coefficient (Wildman–Crippen LogP) is 3.12. The SMILES string of the molecule is Cc1ncc(CNC(=O)NCC2(c3ccccc3F)CC2)s1. The molecule has 116 valence electrons. The van der Waals surface area contributed by atoms with Crippen LogP contribution in [0.2, 0.25) is 0 Å². The van der Waals surface area contributed by atoms with E-state index in [1.165, 1.54) is 6.07 Å². The van der Waals surface area contributed by atoms with Crippen molar-refractivity contribution in [2.24, 2.45) is 0 Å². The second kappa shape index (κ2) is 6.04. The van der Waals surface area contributed by atoms with Crippen LogP contribution in [0.3, 0.4) is 0 Å². The molecule has 0 bridgehead atoms. The van der Waals surface area contributed by atoms with Crippen LogP contribution in [-0.4, -0.2) is 17.6 Å². The number of hydrogen-bond acceptors (Lipinski definition) is 3. The maximum Gasteiger partial charge on any atom is 0.315 e. The fourth-order valence-electron chi connectivity index (χ4n) is 2.55. The van der Waals surface area contributed by atoms with Crippen molar-refractivity contribution in [3.63, 3.8) is 0 Å². The van der Waals surface area contributed by atoms with Crippen LogP contribution in [0.15, 0.2) is 30.5 Å². The molecule has 1 saturated carbocycles. The molecule has 1 aliphatic carbocycles. The summed E-state index contributed by atoms with van der Waals surface area (Å²) in [5.74, 6) is -0.192. The van der Waals surface area contributed by atoms with Crippen LogP contribution in [-0.2, 0) is 12.0 Å². The highest BCUT2D eigenvalue weighted by atomic mass is 32.1. The van der Waals surface area contributed by atoms with Crippen LogP contribution in [0.1, 0.15) is 28.3 Å². The number of benzene rings is 1. The monoisotopic (exact) mass is 319 g/mol. The van der Waals surface area contributed by atoms with Gasteiger partial charge in [0.1, 0.15) is 5.82 Å². The Morgan fingerprint density at radius 1 is 1.36 bits per heavy atom. The number of aryl methyl sites for hydroxylation is 1. The molecule has 3 rings (SSSR count). The lowest BCUT2D eigenvalue weighted by molar-refractivity contribution is 0.239. The van der Waals surface area contributed by atoms with E-state index in [0.29, 0.717) is 18.7 Å². The molecule has 2 aromatic rings. The van der Waals surface area contributed by atoms with Gasteiger partial charge in [0.2, 0.25) is 0 Å². The lowest BCUT2D eigenvalue weighted by Gasteiger charge is -2.17. The van der Waals surface area contributed by atoms with Gasteiger partial charge in [0.05, 0.1) is 11.6 Å². The van der Waals surface area contributed by atoms with Crippen molar-refractivity contribution < 1.29 is 9.18 Å². The maximum atomic E-state index is 13.9. The van der Waals surface area contributed by atoms with Crippen LogP contribution in [0.5, 0.6) is 0 Å². The number of thiazole rings is 1. The molecule has 1 aromatic carbocycles. The van der Waals surface area contributed by atoms with Crippen LogP contribution < -0.4 is 10.6 Å². The number of halogens is 1. The molecule has 1 aromatic heterocycles. The third-order valence-electron chi connectivity index (χ3n) is 3.98. The Morgan fingerprint density at radius 3 is 2.77 bits per heavy atom. The molecule has 1 fully saturated rings. The lowest BCUT2D eigenvalue weighted by Crippen LogP contribution is -2.39. The topological polar surface area (TPSA) is 54.0 Å². The minimum Gasteiger partial charge on any atom is -0.337 e. The molecule has 0 saturated heterocycles. The molecule has 0 unspecified atom stereocenters. The van der Waals surface area contributed by atoms with Crippen molar-refractivity contribution in [2.45, 2.75) is 31.7 Å². The van der Waals surface area contributed by atoms with Gasteiger partial charge in [0.15, 0.2) is 0 Å². The summed E-state index contributed by atoms with van der Waals surface area (Å²) in [6.07, 6.45) is 3.58. The summed E-state index contributed by atoms with van der Waals surface area (Å²) in [5, 5.41) is 6.64. The fraction of sp³-hybridized carbons (Fsp3) is 0.375. The zero-order valence-corrected chi connectivity index (χ0v) is 13.2. The average Bonchev–Trinajstić information content (AvgIpc) is 3.18. The van der Waals surface area contributed by atoms with E-state index in [9.17, 15) is 9.18 Å². The Morgan fingerprint density at radius 2 is 2.14 bits per heavy atom. The zero-order valence-electron chi connectivity index (χ0n) is 12.4. The number of urea groups is 1. The standard InChI is InChI=1S/C16H18FN3OS/c1-11-18-8-12(22-11)9-19-15(21)20-10-16(6-7-16)13-4-2-3-5-14(13)17/h2-5,8H,6-7,9-10H2,1H3,(H2,19,20,21). The zero-order chi connectivity index (χ0) is 15.6. The van der Waals surface area contributed by atoms with Gasteiger partial charge in [-0.1, -0.05) is 18.2 Å². The first kappa shape index (κ1) is 15.0. The van der Waals surface area contributed by atoms with Gasteiger partial charge in [-0.15, -0.1) is 11.3 Å². The molecule has 0 radical (unpaired) electrons. The molecule has 2 amide bonds. The molecule has 4 nitrogen and oxygen atoms in total. The second-order valence-corrected chi connectivity index (χ2v) is 6.96. The first-order valence-corrected chi connectivity index (χ1v) is 8.09. The Kier molecular flexibility index (Phi) is 4.11. The van der Waals surface area contributed by atoms with Gasteiger partial charge in [-0.05, 0) is 31.4 Å². The molecule has 22 heavy (non-hydrogen) atoms. The van der Waals surface area contributed by atoms with E-state index in [1.54, 1.807) is 23.6 Å². The van der Waals surface area contributed by atoms with Gasteiger partial charge in [-0.3, -0.25) is 0 Å². The van der Waals surface area contributed by atoms with Crippen LogP contribution in [0, 0.1) is 12.7 Å². The number of rotatable bonds is 5. The Labute approximate surface area is 132 Å². The Balaban J connectivity index is 1.52. The molecule has 0 atom stereocenters. The number of nitrogens with one attached hydrogen (secondary N) is 2. The summed E-state index contributed by atoms with van der Waals surface area (Å²) < 4.78 is 13.9. The van der Waals surface area contributed by atoms with Gasteiger partial charge < -0.3 is 10.6 Å². The average molecular weight is 319 g/mol. The van der Waals surface area contributed by atoms with Gasteiger partial charge >= 0.3 is 6.03 Å². The van der Waals surface area contributed by atoms with Gasteiger partial charge in [-0.2, -0.15) is 0 Å². The summed E-state index contributed by atoms with van der Waals surface area (Å²) in [4.78, 5) is 17.0. The second-order valence-electron chi connectivity index (χ2n) is 5.64. The predicted molar refractivity (Wildman–Crippen MR) is 84.4 cm³/mol. The Bertz CT molecular complexity index is 682. The number of carbonyl (C=O) groups excluding carboxylic acids is 1. The third kappa shape index (κ3) is 3.27. The molecule has 2 N–H and O–H groups in total. The summed E-state index contributed by atoms with van der Waals surface area (Å²) in [7, 11) is 0. The molecule has 1 aliphatic rings. The molecule has 1 heterocycles. The minimum atomic E-state index is -0.232. The smallest absolute Gasteiger partial charge is 0.315 e. The van der Waals surface area contributed by atoms with Crippen molar-refractivity contribution >= 4 is 17.4 Å². The van der Waals surface area contributed by atoms with E-state index in [4.69, 9.17) is 0 Å². The first-order valence-electron chi connectivity index (χ1n) is 7.27. The summed E-state index contributed by atoms with van der Waals surface area (Å²) in [5.41, 5.74) is 0.470.